The number of carbonyl (C=O) groups is 1. The molecule has 2 N–H and O–H groups in total. The molecule has 5 heteroatoms. The number of benzene rings is 1. The van der Waals surface area contributed by atoms with Gasteiger partial charge in [-0.1, -0.05) is 18.2 Å². The summed E-state index contributed by atoms with van der Waals surface area (Å²) in [5.74, 6) is 1.49. The molecule has 2 fully saturated rings. The summed E-state index contributed by atoms with van der Waals surface area (Å²) in [6.07, 6.45) is 13.0. The first kappa shape index (κ1) is 21.5. The minimum absolute atomic E-state index is 0.0407. The molecule has 4 nitrogen and oxygen atoms in total. The van der Waals surface area contributed by atoms with E-state index in [1.54, 1.807) is 17.4 Å². The Bertz CT molecular complexity index is 1040. The summed E-state index contributed by atoms with van der Waals surface area (Å²) in [5, 5.41) is 8.69. The molecule has 168 valence electrons. The number of H-pyrrole nitrogens is 1. The van der Waals surface area contributed by atoms with Crippen LogP contribution in [0.4, 0.5) is 0 Å². The van der Waals surface area contributed by atoms with Gasteiger partial charge in [0.1, 0.15) is 0 Å². The van der Waals surface area contributed by atoms with Crippen LogP contribution in [0.5, 0.6) is 0 Å². The Labute approximate surface area is 194 Å². The molecule has 3 heterocycles. The van der Waals surface area contributed by atoms with E-state index in [4.69, 9.17) is 0 Å². The first-order chi connectivity index (χ1) is 15.7. The molecule has 1 aliphatic heterocycles. The van der Waals surface area contributed by atoms with E-state index in [0.717, 1.165) is 24.3 Å². The fraction of sp³-hybridized carbons (Fsp3) is 0.444. The molecule has 2 aromatic heterocycles. The van der Waals surface area contributed by atoms with Crippen molar-refractivity contribution in [3.8, 4) is 0 Å². The van der Waals surface area contributed by atoms with Gasteiger partial charge < -0.3 is 15.2 Å². The summed E-state index contributed by atoms with van der Waals surface area (Å²) in [6.45, 7) is 3.63. The van der Waals surface area contributed by atoms with Gasteiger partial charge in [-0.15, -0.1) is 0 Å². The third kappa shape index (κ3) is 5.16. The number of fused-ring (bicyclic) bond motifs is 1. The molecule has 0 bridgehead atoms. The molecule has 0 spiro atoms. The van der Waals surface area contributed by atoms with Crippen LogP contribution in [0.1, 0.15) is 55.6 Å². The van der Waals surface area contributed by atoms with E-state index in [2.05, 4.69) is 51.0 Å². The van der Waals surface area contributed by atoms with Crippen molar-refractivity contribution < 1.29 is 4.79 Å². The number of nitrogens with zero attached hydrogens (tertiary/aromatic N) is 1. The van der Waals surface area contributed by atoms with Gasteiger partial charge in [0.15, 0.2) is 0 Å². The van der Waals surface area contributed by atoms with Gasteiger partial charge in [0, 0.05) is 35.8 Å². The Hall–Kier alpha value is -2.37. The second kappa shape index (κ2) is 10.1. The number of carbonyl (C=O) groups excluding carboxylic acids is 1. The minimum atomic E-state index is 0.0407. The van der Waals surface area contributed by atoms with Gasteiger partial charge in [-0.25, -0.2) is 0 Å². The quantitative estimate of drug-likeness (QED) is 0.469. The number of hydrogen-bond acceptors (Lipinski definition) is 3. The van der Waals surface area contributed by atoms with E-state index in [0.29, 0.717) is 12.0 Å². The lowest BCUT2D eigenvalue weighted by Crippen LogP contribution is -2.41. The van der Waals surface area contributed by atoms with Gasteiger partial charge in [0.2, 0.25) is 5.91 Å². The lowest BCUT2D eigenvalue weighted by atomic mass is 9.84. The summed E-state index contributed by atoms with van der Waals surface area (Å²) in [5.41, 5.74) is 3.86. The molecular formula is C27H33N3OS. The summed E-state index contributed by atoms with van der Waals surface area (Å²) < 4.78 is 0. The molecule has 1 amide bonds. The van der Waals surface area contributed by atoms with Crippen LogP contribution < -0.4 is 5.32 Å². The van der Waals surface area contributed by atoms with E-state index < -0.39 is 0 Å². The highest BCUT2D eigenvalue weighted by molar-refractivity contribution is 7.08. The molecule has 5 rings (SSSR count). The summed E-state index contributed by atoms with van der Waals surface area (Å²) in [6, 6.07) is 11.0. The van der Waals surface area contributed by atoms with Gasteiger partial charge in [0.05, 0.1) is 0 Å². The fourth-order valence-corrected chi connectivity index (χ4v) is 6.13. The average Bonchev–Trinajstić information content (AvgIpc) is 3.50. The summed E-state index contributed by atoms with van der Waals surface area (Å²) in [4.78, 5) is 18.3. The lowest BCUT2D eigenvalue weighted by molar-refractivity contribution is -0.117. The molecule has 1 saturated carbocycles. The molecule has 3 aromatic rings. The van der Waals surface area contributed by atoms with Crippen molar-refractivity contribution in [1.82, 2.24) is 15.2 Å². The Balaban J connectivity index is 1.04. The van der Waals surface area contributed by atoms with E-state index in [9.17, 15) is 4.79 Å². The smallest absolute Gasteiger partial charge is 0.244 e. The highest BCUT2D eigenvalue weighted by Crippen LogP contribution is 2.34. The normalized spacial score (nSPS) is 23.1. The molecular weight excluding hydrogens is 414 g/mol. The van der Waals surface area contributed by atoms with E-state index in [1.165, 1.54) is 61.8 Å². The maximum absolute atomic E-state index is 12.2. The molecule has 2 aliphatic rings. The zero-order chi connectivity index (χ0) is 21.8. The minimum Gasteiger partial charge on any atom is -0.361 e. The molecule has 0 atom stereocenters. The van der Waals surface area contributed by atoms with Crippen LogP contribution in [-0.4, -0.2) is 41.5 Å². The van der Waals surface area contributed by atoms with Crippen molar-refractivity contribution in [2.24, 2.45) is 5.92 Å². The Morgan fingerprint density at radius 2 is 1.91 bits per heavy atom. The molecule has 1 saturated heterocycles. The maximum atomic E-state index is 12.2. The molecule has 32 heavy (non-hydrogen) atoms. The van der Waals surface area contributed by atoms with Crippen molar-refractivity contribution in [1.29, 1.82) is 0 Å². The number of piperidine rings is 1. The number of aromatic amines is 1. The lowest BCUT2D eigenvalue weighted by Gasteiger charge is -2.36. The van der Waals surface area contributed by atoms with Crippen molar-refractivity contribution in [2.75, 3.05) is 19.6 Å². The number of likely N-dealkylation sites (tertiary alicyclic amines) is 1. The third-order valence-corrected chi connectivity index (χ3v) is 8.03. The van der Waals surface area contributed by atoms with Crippen molar-refractivity contribution in [3.63, 3.8) is 0 Å². The molecule has 0 unspecified atom stereocenters. The summed E-state index contributed by atoms with van der Waals surface area (Å²) in [7, 11) is 0. The van der Waals surface area contributed by atoms with Gasteiger partial charge in [-0.3, -0.25) is 4.79 Å². The van der Waals surface area contributed by atoms with E-state index >= 15 is 0 Å². The number of hydrogen-bond donors (Lipinski definition) is 2. The van der Waals surface area contributed by atoms with Crippen LogP contribution in [0.2, 0.25) is 0 Å². The standard InChI is InChI=1S/C27H33N3OS/c31-27(10-7-21-13-16-32-19-21)29-23-8-5-20(6-9-23)18-30-14-11-22(12-15-30)25-17-28-26-4-2-1-3-24(25)26/h1-4,7,10,13,16-17,19-20,22-23,28H,5-6,8-9,11-12,14-15,18H2,(H,29,31)/b10-7+. The van der Waals surface area contributed by atoms with Crippen molar-refractivity contribution >= 4 is 34.2 Å². The molecule has 1 aliphatic carbocycles. The van der Waals surface area contributed by atoms with Crippen LogP contribution in [-0.2, 0) is 4.79 Å². The fourth-order valence-electron chi connectivity index (χ4n) is 5.50. The van der Waals surface area contributed by atoms with Crippen LogP contribution in [0.25, 0.3) is 17.0 Å². The third-order valence-electron chi connectivity index (χ3n) is 7.33. The van der Waals surface area contributed by atoms with Gasteiger partial charge in [-0.2, -0.15) is 11.3 Å². The van der Waals surface area contributed by atoms with Gasteiger partial charge in [-0.05, 0) is 104 Å². The predicted molar refractivity (Wildman–Crippen MR) is 134 cm³/mol. The highest BCUT2D eigenvalue weighted by Gasteiger charge is 2.27. The number of nitrogens with one attached hydrogen (secondary N) is 2. The van der Waals surface area contributed by atoms with Gasteiger partial charge in [0.25, 0.3) is 0 Å². The topological polar surface area (TPSA) is 48.1 Å². The van der Waals surface area contributed by atoms with E-state index in [1.807, 2.05) is 17.5 Å². The Morgan fingerprint density at radius 3 is 2.69 bits per heavy atom. The molecule has 0 radical (unpaired) electrons. The second-order valence-corrected chi connectivity index (χ2v) is 10.3. The van der Waals surface area contributed by atoms with Crippen LogP contribution >= 0.6 is 11.3 Å². The number of para-hydroxylation sites is 1. The van der Waals surface area contributed by atoms with Gasteiger partial charge >= 0.3 is 0 Å². The first-order valence-electron chi connectivity index (χ1n) is 12.0. The second-order valence-electron chi connectivity index (χ2n) is 9.48. The monoisotopic (exact) mass is 447 g/mol. The largest absolute Gasteiger partial charge is 0.361 e. The number of amides is 1. The van der Waals surface area contributed by atoms with Crippen molar-refractivity contribution in [2.45, 2.75) is 50.5 Å². The maximum Gasteiger partial charge on any atom is 0.244 e. The predicted octanol–water partition coefficient (Wildman–Crippen LogP) is 5.80. The first-order valence-corrected chi connectivity index (χ1v) is 13.0. The average molecular weight is 448 g/mol. The van der Waals surface area contributed by atoms with Crippen LogP contribution in [0.3, 0.4) is 0 Å². The van der Waals surface area contributed by atoms with Crippen LogP contribution in [0, 0.1) is 5.92 Å². The Morgan fingerprint density at radius 1 is 1.09 bits per heavy atom. The highest BCUT2D eigenvalue weighted by atomic mass is 32.1. The SMILES string of the molecule is O=C(/C=C/c1ccsc1)NC1CCC(CN2CCC(c3c[nH]c4ccccc34)CC2)CC1. The van der Waals surface area contributed by atoms with Crippen molar-refractivity contribution in [3.05, 3.63) is 64.5 Å². The van der Waals surface area contributed by atoms with E-state index in [-0.39, 0.29) is 5.91 Å². The Kier molecular flexibility index (Phi) is 6.75. The number of aromatic nitrogens is 1. The molecule has 1 aromatic carbocycles. The van der Waals surface area contributed by atoms with Crippen LogP contribution in [0.15, 0.2) is 53.4 Å². The number of thiophene rings is 1. The zero-order valence-corrected chi connectivity index (χ0v) is 19.4. The zero-order valence-electron chi connectivity index (χ0n) is 18.6. The summed E-state index contributed by atoms with van der Waals surface area (Å²) >= 11 is 1.65. The number of rotatable bonds is 6.